The molecule has 4 rings (SSSR count). The first-order valence-electron chi connectivity index (χ1n) is 8.66. The van der Waals surface area contributed by atoms with Gasteiger partial charge in [-0.25, -0.2) is 0 Å². The largest absolute Gasteiger partial charge is 0.289 e. The zero-order valence-corrected chi connectivity index (χ0v) is 16.2. The second-order valence-corrected chi connectivity index (χ2v) is 7.32. The molecule has 4 aromatic carbocycles. The van der Waals surface area contributed by atoms with E-state index >= 15 is 0 Å². The summed E-state index contributed by atoms with van der Waals surface area (Å²) in [6, 6.07) is 24.6. The third-order valence-corrected chi connectivity index (χ3v) is 5.08. The summed E-state index contributed by atoms with van der Waals surface area (Å²) in [5.74, 6) is -0.139. The molecule has 0 atom stereocenters. The molecule has 0 unspecified atom stereocenters. The Morgan fingerprint density at radius 1 is 0.464 bits per heavy atom. The fraction of sp³-hybridized carbons (Fsp3) is 0. The van der Waals surface area contributed by atoms with Crippen molar-refractivity contribution >= 4 is 45.5 Å². The summed E-state index contributed by atoms with van der Waals surface area (Å²) in [6.45, 7) is 0. The number of hydrogen-bond donors (Lipinski definition) is 0. The van der Waals surface area contributed by atoms with E-state index in [2.05, 4.69) is 0 Å². The van der Waals surface area contributed by atoms with Crippen LogP contribution in [0.4, 0.5) is 0 Å². The van der Waals surface area contributed by atoms with Gasteiger partial charge in [0.1, 0.15) is 0 Å². The fourth-order valence-electron chi connectivity index (χ4n) is 3.06. The minimum atomic E-state index is -0.0696. The molecule has 4 heteroatoms. The van der Waals surface area contributed by atoms with Gasteiger partial charge in [0.05, 0.1) is 0 Å². The van der Waals surface area contributed by atoms with Crippen LogP contribution in [0.3, 0.4) is 0 Å². The van der Waals surface area contributed by atoms with Crippen LogP contribution in [0.2, 0.25) is 10.0 Å². The Bertz CT molecular complexity index is 1100. The third kappa shape index (κ3) is 3.70. The average molecular weight is 405 g/mol. The highest BCUT2D eigenvalue weighted by atomic mass is 35.5. The van der Waals surface area contributed by atoms with Crippen molar-refractivity contribution in [2.24, 2.45) is 0 Å². The van der Waals surface area contributed by atoms with Crippen LogP contribution < -0.4 is 0 Å². The molecule has 0 amide bonds. The molecule has 0 saturated heterocycles. The molecule has 0 fully saturated rings. The van der Waals surface area contributed by atoms with Gasteiger partial charge >= 0.3 is 0 Å². The van der Waals surface area contributed by atoms with Crippen molar-refractivity contribution in [1.29, 1.82) is 0 Å². The van der Waals surface area contributed by atoms with Crippen LogP contribution in [0.1, 0.15) is 31.8 Å². The summed E-state index contributed by atoms with van der Waals surface area (Å²) in [4.78, 5) is 25.4. The topological polar surface area (TPSA) is 34.1 Å². The van der Waals surface area contributed by atoms with Crippen LogP contribution in [0.15, 0.2) is 84.9 Å². The lowest BCUT2D eigenvalue weighted by Crippen LogP contribution is -2.02. The van der Waals surface area contributed by atoms with Gasteiger partial charge in [-0.1, -0.05) is 47.5 Å². The molecule has 28 heavy (non-hydrogen) atoms. The minimum Gasteiger partial charge on any atom is -0.289 e. The molecular formula is C24H14Cl2O2. The highest BCUT2D eigenvalue weighted by molar-refractivity contribution is 6.31. The Morgan fingerprint density at radius 3 is 1.14 bits per heavy atom. The lowest BCUT2D eigenvalue weighted by molar-refractivity contribution is 0.103. The predicted octanol–water partition coefficient (Wildman–Crippen LogP) is 6.61. The Balaban J connectivity index is 1.65. The predicted molar refractivity (Wildman–Crippen MR) is 114 cm³/mol. The van der Waals surface area contributed by atoms with Crippen molar-refractivity contribution < 1.29 is 9.59 Å². The molecule has 0 aliphatic rings. The first-order valence-corrected chi connectivity index (χ1v) is 9.41. The molecule has 0 aromatic heterocycles. The summed E-state index contributed by atoms with van der Waals surface area (Å²) in [6.07, 6.45) is 0. The molecule has 0 saturated carbocycles. The van der Waals surface area contributed by atoms with Gasteiger partial charge in [0, 0.05) is 32.3 Å². The second kappa shape index (κ2) is 7.59. The smallest absolute Gasteiger partial charge is 0.193 e. The highest BCUT2D eigenvalue weighted by Gasteiger charge is 2.12. The number of halogens is 2. The Hall–Kier alpha value is -2.94. The van der Waals surface area contributed by atoms with E-state index in [1.807, 2.05) is 24.3 Å². The maximum absolute atomic E-state index is 12.7. The minimum absolute atomic E-state index is 0.0696. The van der Waals surface area contributed by atoms with Gasteiger partial charge < -0.3 is 0 Å². The summed E-state index contributed by atoms with van der Waals surface area (Å²) < 4.78 is 0. The average Bonchev–Trinajstić information content (AvgIpc) is 2.73. The first-order chi connectivity index (χ1) is 13.5. The van der Waals surface area contributed by atoms with Crippen LogP contribution in [0, 0.1) is 0 Å². The fourth-order valence-corrected chi connectivity index (χ4v) is 3.32. The zero-order chi connectivity index (χ0) is 19.7. The van der Waals surface area contributed by atoms with E-state index in [4.69, 9.17) is 23.2 Å². The van der Waals surface area contributed by atoms with Gasteiger partial charge in [0.2, 0.25) is 0 Å². The van der Waals surface area contributed by atoms with E-state index in [9.17, 15) is 9.59 Å². The summed E-state index contributed by atoms with van der Waals surface area (Å²) in [5, 5.41) is 2.97. The SMILES string of the molecule is O=C(c1ccc(Cl)cc1)c1ccc2cc(C(=O)c3ccc(Cl)cc3)ccc2c1. The quantitative estimate of drug-likeness (QED) is 0.358. The molecule has 0 heterocycles. The van der Waals surface area contributed by atoms with Gasteiger partial charge in [0.25, 0.3) is 0 Å². The third-order valence-electron chi connectivity index (χ3n) is 4.58. The molecule has 0 aliphatic heterocycles. The van der Waals surface area contributed by atoms with E-state index < -0.39 is 0 Å². The number of carbonyl (C=O) groups excluding carboxylic acids is 2. The number of carbonyl (C=O) groups is 2. The number of rotatable bonds is 4. The van der Waals surface area contributed by atoms with E-state index in [1.165, 1.54) is 0 Å². The molecule has 0 N–H and O–H groups in total. The molecule has 2 nitrogen and oxygen atoms in total. The molecule has 4 aromatic rings. The number of benzene rings is 4. The van der Waals surface area contributed by atoms with Crippen LogP contribution in [-0.2, 0) is 0 Å². The van der Waals surface area contributed by atoms with Crippen LogP contribution in [0.25, 0.3) is 10.8 Å². The van der Waals surface area contributed by atoms with Crippen molar-refractivity contribution in [2.75, 3.05) is 0 Å². The standard InChI is InChI=1S/C24H14Cl2O2/c25-21-9-5-15(6-10-21)23(27)19-3-1-17-13-20(4-2-18(17)14-19)24(28)16-7-11-22(26)12-8-16/h1-14H. The van der Waals surface area contributed by atoms with Crippen LogP contribution in [0.5, 0.6) is 0 Å². The van der Waals surface area contributed by atoms with E-state index in [0.717, 1.165) is 10.8 Å². The monoisotopic (exact) mass is 404 g/mol. The van der Waals surface area contributed by atoms with Crippen molar-refractivity contribution in [1.82, 2.24) is 0 Å². The number of hydrogen-bond acceptors (Lipinski definition) is 2. The molecule has 0 radical (unpaired) electrons. The van der Waals surface area contributed by atoms with Crippen LogP contribution in [-0.4, -0.2) is 11.6 Å². The van der Waals surface area contributed by atoms with E-state index in [0.29, 0.717) is 32.3 Å². The lowest BCUT2D eigenvalue weighted by atomic mass is 9.97. The lowest BCUT2D eigenvalue weighted by Gasteiger charge is -2.06. The Kier molecular flexibility index (Phi) is 4.99. The van der Waals surface area contributed by atoms with E-state index in [1.54, 1.807) is 60.7 Å². The van der Waals surface area contributed by atoms with Gasteiger partial charge in [-0.3, -0.25) is 9.59 Å². The van der Waals surface area contributed by atoms with Gasteiger partial charge in [-0.2, -0.15) is 0 Å². The zero-order valence-electron chi connectivity index (χ0n) is 14.7. The second-order valence-electron chi connectivity index (χ2n) is 6.45. The first kappa shape index (κ1) is 18.4. The Labute approximate surface area is 172 Å². The molecule has 136 valence electrons. The molecule has 0 bridgehead atoms. The van der Waals surface area contributed by atoms with Crippen molar-refractivity contribution in [3.05, 3.63) is 117 Å². The summed E-state index contributed by atoms with van der Waals surface area (Å²) in [5.41, 5.74) is 2.34. The molecule has 0 aliphatic carbocycles. The van der Waals surface area contributed by atoms with Crippen molar-refractivity contribution in [3.8, 4) is 0 Å². The summed E-state index contributed by atoms with van der Waals surface area (Å²) in [7, 11) is 0. The van der Waals surface area contributed by atoms with Crippen molar-refractivity contribution in [3.63, 3.8) is 0 Å². The van der Waals surface area contributed by atoms with Crippen LogP contribution >= 0.6 is 23.2 Å². The van der Waals surface area contributed by atoms with E-state index in [-0.39, 0.29) is 11.6 Å². The molecule has 0 spiro atoms. The van der Waals surface area contributed by atoms with Gasteiger partial charge in [-0.15, -0.1) is 0 Å². The number of fused-ring (bicyclic) bond motifs is 1. The van der Waals surface area contributed by atoms with Gasteiger partial charge in [-0.05, 0) is 71.4 Å². The Morgan fingerprint density at radius 2 is 0.786 bits per heavy atom. The van der Waals surface area contributed by atoms with Gasteiger partial charge in [0.15, 0.2) is 11.6 Å². The number of ketones is 2. The maximum atomic E-state index is 12.7. The summed E-state index contributed by atoms with van der Waals surface area (Å²) >= 11 is 11.8. The van der Waals surface area contributed by atoms with Crippen molar-refractivity contribution in [2.45, 2.75) is 0 Å². The highest BCUT2D eigenvalue weighted by Crippen LogP contribution is 2.22. The molecular weight excluding hydrogens is 391 g/mol. The maximum Gasteiger partial charge on any atom is 0.193 e. The normalized spacial score (nSPS) is 10.8.